The Morgan fingerprint density at radius 1 is 1.27 bits per heavy atom. The lowest BCUT2D eigenvalue weighted by Crippen LogP contribution is -2.57. The van der Waals surface area contributed by atoms with Gasteiger partial charge in [-0.3, -0.25) is 9.69 Å². The zero-order valence-electron chi connectivity index (χ0n) is 23.5. The maximum atomic E-state index is 13.4. The lowest BCUT2D eigenvalue weighted by molar-refractivity contribution is -0.139. The summed E-state index contributed by atoms with van der Waals surface area (Å²) in [5, 5.41) is 10.5. The minimum Gasteiger partial charge on any atom is -0.465 e. The van der Waals surface area contributed by atoms with Crippen LogP contribution in [0, 0.1) is 5.92 Å². The monoisotopic (exact) mass is 647 g/mol. The number of hydrogen-bond donors (Lipinski definition) is 2. The smallest absolute Gasteiger partial charge is 0.408 e. The van der Waals surface area contributed by atoms with Crippen molar-refractivity contribution in [1.29, 1.82) is 0 Å². The van der Waals surface area contributed by atoms with Crippen molar-refractivity contribution in [3.63, 3.8) is 0 Å². The maximum Gasteiger partial charge on any atom is 0.408 e. The van der Waals surface area contributed by atoms with Crippen LogP contribution in [0.2, 0.25) is 0 Å². The summed E-state index contributed by atoms with van der Waals surface area (Å²) in [5.74, 6) is 1.74. The van der Waals surface area contributed by atoms with E-state index in [9.17, 15) is 14.7 Å². The number of carbonyl (C=O) groups excluding carboxylic acids is 1. The van der Waals surface area contributed by atoms with Gasteiger partial charge < -0.3 is 29.8 Å². The highest BCUT2D eigenvalue weighted by atomic mass is 79.9. The molecular formula is C27H34BrN7O5S. The van der Waals surface area contributed by atoms with Crippen LogP contribution in [0.3, 0.4) is 0 Å². The molecule has 2 aromatic heterocycles. The van der Waals surface area contributed by atoms with E-state index in [1.807, 2.05) is 21.6 Å². The molecule has 1 fully saturated rings. The van der Waals surface area contributed by atoms with Crippen LogP contribution in [0.5, 0.6) is 11.5 Å². The van der Waals surface area contributed by atoms with Crippen molar-refractivity contribution in [2.45, 2.75) is 75.1 Å². The molecule has 0 unspecified atom stereocenters. The van der Waals surface area contributed by atoms with E-state index in [0.717, 1.165) is 28.6 Å². The van der Waals surface area contributed by atoms with Crippen LogP contribution in [0.1, 0.15) is 47.0 Å². The second-order valence-electron chi connectivity index (χ2n) is 11.3. The van der Waals surface area contributed by atoms with E-state index in [0.29, 0.717) is 53.3 Å². The van der Waals surface area contributed by atoms with Crippen molar-refractivity contribution in [2.75, 3.05) is 25.6 Å². The lowest BCUT2D eigenvalue weighted by Gasteiger charge is -2.41. The molecule has 0 spiro atoms. The average molecular weight is 649 g/mol. The van der Waals surface area contributed by atoms with Gasteiger partial charge in [0.1, 0.15) is 12.4 Å². The fraction of sp³-hybridized carbons (Fsp3) is 0.519. The van der Waals surface area contributed by atoms with Gasteiger partial charge >= 0.3 is 6.09 Å². The van der Waals surface area contributed by atoms with Crippen molar-refractivity contribution < 1.29 is 24.2 Å². The van der Waals surface area contributed by atoms with Crippen LogP contribution in [0.15, 0.2) is 33.0 Å². The summed E-state index contributed by atoms with van der Waals surface area (Å²) in [7, 11) is 0. The first kappa shape index (κ1) is 29.2. The molecule has 3 N–H and O–H groups in total. The predicted octanol–water partition coefficient (Wildman–Crippen LogP) is 4.85. The number of ether oxygens (including phenoxy) is 2. The normalized spacial score (nSPS) is 17.6. The molecule has 3 aromatic rings. The molecule has 220 valence electrons. The lowest BCUT2D eigenvalue weighted by atomic mass is 9.94. The van der Waals surface area contributed by atoms with Crippen molar-refractivity contribution in [3.05, 3.63) is 22.9 Å². The highest BCUT2D eigenvalue weighted by Gasteiger charge is 2.37. The molecule has 0 saturated carbocycles. The standard InChI is InChI=1S/C27H34BrN7O5S/c1-15(35(26(37)38)27(2,3)4)24(36)33-8-5-6-16(12-33)7-9-34-23-21(22(29)30-13-31-23)32-25(34)41-20-11-19-18(10-17(20)28)39-14-40-19/h10-11,13,15-16H,5-9,12,14H2,1-4H3,(H,37,38)(H2,29,30,31)/t15-,16+/m1/s1. The Hall–Kier alpha value is -3.26. The number of carbonyl (C=O) groups is 2. The van der Waals surface area contributed by atoms with Crippen LogP contribution in [-0.4, -0.2) is 77.9 Å². The van der Waals surface area contributed by atoms with Crippen LogP contribution < -0.4 is 15.2 Å². The zero-order chi connectivity index (χ0) is 29.5. The summed E-state index contributed by atoms with van der Waals surface area (Å²) in [4.78, 5) is 42.7. The van der Waals surface area contributed by atoms with Crippen LogP contribution in [0.25, 0.3) is 11.2 Å². The molecule has 0 aliphatic carbocycles. The minimum absolute atomic E-state index is 0.162. The van der Waals surface area contributed by atoms with Crippen molar-refractivity contribution >= 4 is 56.7 Å². The van der Waals surface area contributed by atoms with Crippen LogP contribution in [-0.2, 0) is 11.3 Å². The Balaban J connectivity index is 1.34. The second-order valence-corrected chi connectivity index (χ2v) is 13.2. The Morgan fingerprint density at radius 3 is 2.71 bits per heavy atom. The molecule has 2 aliphatic rings. The number of rotatable bonds is 7. The summed E-state index contributed by atoms with van der Waals surface area (Å²) in [6.07, 6.45) is 2.95. The molecule has 12 nitrogen and oxygen atoms in total. The van der Waals surface area contributed by atoms with E-state index < -0.39 is 17.7 Å². The Morgan fingerprint density at radius 2 is 2.00 bits per heavy atom. The van der Waals surface area contributed by atoms with E-state index in [1.165, 1.54) is 23.0 Å². The number of hydrogen-bond acceptors (Lipinski definition) is 9. The number of likely N-dealkylation sites (tertiary alicyclic amines) is 1. The van der Waals surface area contributed by atoms with Gasteiger partial charge in [-0.15, -0.1) is 0 Å². The molecule has 41 heavy (non-hydrogen) atoms. The van der Waals surface area contributed by atoms with E-state index in [4.69, 9.17) is 20.2 Å². The summed E-state index contributed by atoms with van der Waals surface area (Å²) >= 11 is 5.10. The number of amides is 2. The highest BCUT2D eigenvalue weighted by molar-refractivity contribution is 9.10. The van der Waals surface area contributed by atoms with Gasteiger partial charge in [0, 0.05) is 34.5 Å². The molecule has 1 aromatic carbocycles. The summed E-state index contributed by atoms with van der Waals surface area (Å²) in [6, 6.07) is 3.03. The number of nitrogens with two attached hydrogens (primary N) is 1. The summed E-state index contributed by atoms with van der Waals surface area (Å²) in [5.41, 5.74) is 6.66. The molecule has 2 amide bonds. The van der Waals surface area contributed by atoms with Gasteiger partial charge in [0.2, 0.25) is 12.7 Å². The van der Waals surface area contributed by atoms with Gasteiger partial charge in [0.05, 0.1) is 0 Å². The predicted molar refractivity (Wildman–Crippen MR) is 157 cm³/mol. The number of halogens is 1. The fourth-order valence-electron chi connectivity index (χ4n) is 5.51. The largest absolute Gasteiger partial charge is 0.465 e. The van der Waals surface area contributed by atoms with Gasteiger partial charge in [-0.1, -0.05) is 11.8 Å². The number of aromatic nitrogens is 4. The number of fused-ring (bicyclic) bond motifs is 2. The zero-order valence-corrected chi connectivity index (χ0v) is 25.9. The van der Waals surface area contributed by atoms with Gasteiger partial charge in [-0.05, 0) is 80.9 Å². The molecular weight excluding hydrogens is 614 g/mol. The average Bonchev–Trinajstić information content (AvgIpc) is 3.50. The number of nitrogens with zero attached hydrogens (tertiary/aromatic N) is 6. The first-order valence-corrected chi connectivity index (χ1v) is 15.1. The van der Waals surface area contributed by atoms with Gasteiger partial charge in [-0.25, -0.2) is 19.7 Å². The van der Waals surface area contributed by atoms with Crippen LogP contribution >= 0.6 is 27.7 Å². The second kappa shape index (κ2) is 11.6. The molecule has 2 atom stereocenters. The van der Waals surface area contributed by atoms with E-state index in [-0.39, 0.29) is 18.6 Å². The molecule has 0 radical (unpaired) electrons. The maximum absolute atomic E-state index is 13.4. The Labute approximate surface area is 250 Å². The summed E-state index contributed by atoms with van der Waals surface area (Å²) < 4.78 is 13.9. The third-order valence-electron chi connectivity index (χ3n) is 7.42. The number of carboxylic acid groups (broad SMARTS) is 1. The molecule has 5 rings (SSSR count). The third-order valence-corrected chi connectivity index (χ3v) is 9.39. The quantitative estimate of drug-likeness (QED) is 0.364. The van der Waals surface area contributed by atoms with Crippen molar-refractivity contribution in [3.8, 4) is 11.5 Å². The van der Waals surface area contributed by atoms with Gasteiger partial charge in [-0.2, -0.15) is 0 Å². The van der Waals surface area contributed by atoms with Crippen molar-refractivity contribution in [2.24, 2.45) is 5.92 Å². The minimum atomic E-state index is -1.10. The van der Waals surface area contributed by atoms with Gasteiger partial charge in [0.15, 0.2) is 33.6 Å². The number of aryl methyl sites for hydroxylation is 1. The summed E-state index contributed by atoms with van der Waals surface area (Å²) in [6.45, 7) is 9.06. The third kappa shape index (κ3) is 6.03. The molecule has 1 saturated heterocycles. The SMILES string of the molecule is C[C@H](C(=O)N1CCC[C@@H](CCn2c(Sc3cc4c(cc3Br)OCO4)nc3c(N)ncnc32)C1)N(C(=O)O)C(C)(C)C. The molecule has 0 bridgehead atoms. The number of anilines is 1. The number of piperidine rings is 1. The van der Waals surface area contributed by atoms with E-state index >= 15 is 0 Å². The Kier molecular flexibility index (Phi) is 8.24. The van der Waals surface area contributed by atoms with Crippen LogP contribution in [0.4, 0.5) is 10.6 Å². The van der Waals surface area contributed by atoms with E-state index in [1.54, 1.807) is 27.7 Å². The first-order valence-electron chi connectivity index (χ1n) is 13.5. The Bertz CT molecular complexity index is 1480. The first-order chi connectivity index (χ1) is 19.4. The molecule has 4 heterocycles. The topological polar surface area (TPSA) is 149 Å². The molecule has 14 heteroatoms. The molecule has 2 aliphatic heterocycles. The highest BCUT2D eigenvalue weighted by Crippen LogP contribution is 2.43. The fourth-order valence-corrected chi connectivity index (χ4v) is 7.02. The number of imidazole rings is 1. The number of nitrogen functional groups attached to an aromatic ring is 1. The van der Waals surface area contributed by atoms with Crippen molar-refractivity contribution in [1.82, 2.24) is 29.3 Å². The van der Waals surface area contributed by atoms with E-state index in [2.05, 4.69) is 25.9 Å². The number of benzene rings is 1. The van der Waals surface area contributed by atoms with Gasteiger partial charge in [0.25, 0.3) is 0 Å².